The molecule has 6 rings (SSSR count). The second kappa shape index (κ2) is 10.4. The summed E-state index contributed by atoms with van der Waals surface area (Å²) in [5.41, 5.74) is 0.799. The van der Waals surface area contributed by atoms with Gasteiger partial charge in [-0.2, -0.15) is 10.2 Å². The van der Waals surface area contributed by atoms with Crippen molar-refractivity contribution in [3.05, 3.63) is 130 Å². The Kier molecular flexibility index (Phi) is 6.57. The number of anilines is 1. The number of para-hydroxylation sites is 1. The zero-order valence-corrected chi connectivity index (χ0v) is 23.0. The summed E-state index contributed by atoms with van der Waals surface area (Å²) in [4.78, 5) is 31.6. The number of nitrogens with one attached hydrogen (secondary N) is 1. The van der Waals surface area contributed by atoms with Crippen LogP contribution < -0.4 is 20.9 Å². The first kappa shape index (κ1) is 26.6. The quantitative estimate of drug-likeness (QED) is 0.195. The van der Waals surface area contributed by atoms with Crippen LogP contribution >= 0.6 is 7.52 Å². The summed E-state index contributed by atoms with van der Waals surface area (Å²) < 4.78 is 21.4. The van der Waals surface area contributed by atoms with E-state index < -0.39 is 18.8 Å². The summed E-state index contributed by atoms with van der Waals surface area (Å²) >= 11 is 0. The number of phenols is 1. The molecule has 0 amide bonds. The molecule has 1 unspecified atom stereocenters. The largest absolute Gasteiger partial charge is 0.508 e. The first-order valence-corrected chi connectivity index (χ1v) is 14.8. The average Bonchev–Trinajstić information content (AvgIpc) is 2.97. The van der Waals surface area contributed by atoms with Crippen LogP contribution in [0.25, 0.3) is 33.7 Å². The van der Waals surface area contributed by atoms with Crippen LogP contribution in [0.3, 0.4) is 0 Å². The van der Waals surface area contributed by atoms with Crippen molar-refractivity contribution in [1.82, 2.24) is 14.1 Å². The van der Waals surface area contributed by atoms with Gasteiger partial charge in [-0.25, -0.2) is 9.36 Å². The first-order chi connectivity index (χ1) is 20.2. The van der Waals surface area contributed by atoms with E-state index in [1.54, 1.807) is 83.4 Å². The molecular weight excluding hydrogens is 553 g/mol. The van der Waals surface area contributed by atoms with Crippen molar-refractivity contribution in [2.45, 2.75) is 0 Å². The number of phenolic OH excluding ortho intramolecular Hbond substituents is 1. The second-order valence-electron chi connectivity index (χ2n) is 9.57. The molecule has 0 saturated carbocycles. The molecule has 0 bridgehead atoms. The molecule has 2 aliphatic rings. The van der Waals surface area contributed by atoms with Crippen molar-refractivity contribution >= 4 is 24.1 Å². The monoisotopic (exact) mass is 575 g/mol. The number of pyridine rings is 1. The Hall–Kier alpha value is -5.65. The van der Waals surface area contributed by atoms with Crippen molar-refractivity contribution in [3.63, 3.8) is 0 Å². The van der Waals surface area contributed by atoms with Crippen LogP contribution in [0.15, 0.2) is 113 Å². The summed E-state index contributed by atoms with van der Waals surface area (Å²) in [5.74, 6) is 0.568. The van der Waals surface area contributed by atoms with Crippen LogP contribution in [0.2, 0.25) is 0 Å². The van der Waals surface area contributed by atoms with Crippen molar-refractivity contribution in [1.29, 1.82) is 5.26 Å². The molecule has 1 atom stereocenters. The van der Waals surface area contributed by atoms with E-state index >= 15 is 0 Å². The van der Waals surface area contributed by atoms with Gasteiger partial charge in [-0.15, -0.1) is 0 Å². The SMILES string of the molecule is CP(=O)(Nc1cccc(-n2c(=O)nc3n(-c4ccc(O)cc4)c4cc(C#N)ccc4cc-3c2=O)c1)Oc1ccccc1. The molecule has 10 nitrogen and oxygen atoms in total. The maximum Gasteiger partial charge on any atom is 0.357 e. The van der Waals surface area contributed by atoms with Gasteiger partial charge in [0.15, 0.2) is 5.82 Å². The molecule has 42 heavy (non-hydrogen) atoms. The standard InChI is InChI=1S/C31H22N5O5P/c1-42(40,41-26-8-3-2-4-9-26)34-22-6-5-7-24(18-22)36-30(38)27-17-21-11-10-20(19-32)16-28(21)35(29(27)33-31(36)39)23-12-14-25(37)15-13-23/h2-18,37H,1H3,(H,34,40). The van der Waals surface area contributed by atoms with Gasteiger partial charge < -0.3 is 14.7 Å². The Balaban J connectivity index is 1.50. The molecule has 4 aromatic rings. The van der Waals surface area contributed by atoms with E-state index in [4.69, 9.17) is 4.52 Å². The minimum Gasteiger partial charge on any atom is -0.508 e. The third-order valence-corrected chi connectivity index (χ3v) is 7.77. The van der Waals surface area contributed by atoms with Crippen LogP contribution in [0.1, 0.15) is 5.56 Å². The zero-order valence-electron chi connectivity index (χ0n) is 22.1. The highest BCUT2D eigenvalue weighted by Crippen LogP contribution is 2.43. The second-order valence-corrected chi connectivity index (χ2v) is 11.7. The number of nitrogens with zero attached hydrogens (tertiary/aromatic N) is 4. The summed E-state index contributed by atoms with van der Waals surface area (Å²) in [7, 11) is -3.36. The fourth-order valence-electron chi connectivity index (χ4n) is 4.74. The van der Waals surface area contributed by atoms with Gasteiger partial charge in [0.25, 0.3) is 5.56 Å². The van der Waals surface area contributed by atoms with Crippen LogP contribution in [-0.4, -0.2) is 25.9 Å². The van der Waals surface area contributed by atoms with Crippen LogP contribution in [0.5, 0.6) is 11.5 Å². The highest BCUT2D eigenvalue weighted by atomic mass is 31.2. The van der Waals surface area contributed by atoms with Gasteiger partial charge in [0.05, 0.1) is 28.4 Å². The van der Waals surface area contributed by atoms with Crippen LogP contribution in [0, 0.1) is 11.3 Å². The lowest BCUT2D eigenvalue weighted by molar-refractivity contribution is 0.475. The van der Waals surface area contributed by atoms with E-state index in [2.05, 4.69) is 16.1 Å². The normalized spacial score (nSPS) is 12.5. The Bertz CT molecular complexity index is 2150. The fourth-order valence-corrected chi connectivity index (χ4v) is 5.92. The smallest absolute Gasteiger partial charge is 0.357 e. The number of rotatable bonds is 6. The molecule has 0 fully saturated rings. The van der Waals surface area contributed by atoms with Crippen molar-refractivity contribution in [3.8, 4) is 40.3 Å². The van der Waals surface area contributed by atoms with Crippen molar-refractivity contribution in [2.24, 2.45) is 0 Å². The molecule has 2 aliphatic heterocycles. The van der Waals surface area contributed by atoms with Crippen LogP contribution in [0.4, 0.5) is 5.69 Å². The Morgan fingerprint density at radius 2 is 1.64 bits per heavy atom. The lowest BCUT2D eigenvalue weighted by atomic mass is 10.1. The summed E-state index contributed by atoms with van der Waals surface area (Å²) in [6.45, 7) is 1.43. The van der Waals surface area contributed by atoms with E-state index in [0.29, 0.717) is 33.6 Å². The Labute approximate surface area is 239 Å². The highest BCUT2D eigenvalue weighted by Gasteiger charge is 2.23. The third-order valence-electron chi connectivity index (χ3n) is 6.55. The minimum atomic E-state index is -3.36. The highest BCUT2D eigenvalue weighted by molar-refractivity contribution is 7.60. The van der Waals surface area contributed by atoms with Gasteiger partial charge in [0.2, 0.25) is 0 Å². The molecule has 11 heteroatoms. The maximum atomic E-state index is 13.9. The molecule has 4 aromatic carbocycles. The number of nitriles is 1. The third kappa shape index (κ3) is 5.01. The summed E-state index contributed by atoms with van der Waals surface area (Å²) in [5, 5.41) is 22.8. The number of benzene rings is 4. The van der Waals surface area contributed by atoms with E-state index in [1.807, 2.05) is 6.07 Å². The van der Waals surface area contributed by atoms with Gasteiger partial charge in [-0.1, -0.05) is 30.3 Å². The van der Waals surface area contributed by atoms with E-state index in [0.717, 1.165) is 4.57 Å². The van der Waals surface area contributed by atoms with E-state index in [-0.39, 0.29) is 22.8 Å². The molecular formula is C31H22N5O5P. The lowest BCUT2D eigenvalue weighted by Crippen LogP contribution is -2.36. The van der Waals surface area contributed by atoms with Crippen molar-refractivity contribution < 1.29 is 14.2 Å². The van der Waals surface area contributed by atoms with E-state index in [9.17, 15) is 24.5 Å². The number of aromatic hydroxyl groups is 1. The average molecular weight is 576 g/mol. The number of aromatic nitrogens is 3. The molecule has 2 heterocycles. The molecule has 2 N–H and O–H groups in total. The Morgan fingerprint density at radius 3 is 2.38 bits per heavy atom. The fraction of sp³-hybridized carbons (Fsp3) is 0.0323. The lowest BCUT2D eigenvalue weighted by Gasteiger charge is -2.20. The first-order valence-electron chi connectivity index (χ1n) is 12.8. The van der Waals surface area contributed by atoms with E-state index in [1.165, 1.54) is 24.9 Å². The van der Waals surface area contributed by atoms with Crippen molar-refractivity contribution in [2.75, 3.05) is 11.8 Å². The minimum absolute atomic E-state index is 0.0423. The van der Waals surface area contributed by atoms with Gasteiger partial charge in [-0.05, 0) is 78.2 Å². The predicted octanol–water partition coefficient (Wildman–Crippen LogP) is 5.53. The number of fused-ring (bicyclic) bond motifs is 2. The number of hydrogen-bond donors (Lipinski definition) is 2. The maximum absolute atomic E-state index is 13.9. The zero-order chi connectivity index (χ0) is 29.4. The summed E-state index contributed by atoms with van der Waals surface area (Å²) in [6.07, 6.45) is 0. The molecule has 0 radical (unpaired) electrons. The summed E-state index contributed by atoms with van der Waals surface area (Å²) in [6, 6.07) is 30.0. The molecule has 0 aromatic heterocycles. The van der Waals surface area contributed by atoms with Gasteiger partial charge >= 0.3 is 13.2 Å². The Morgan fingerprint density at radius 1 is 0.881 bits per heavy atom. The molecule has 0 spiro atoms. The predicted molar refractivity (Wildman–Crippen MR) is 160 cm³/mol. The van der Waals surface area contributed by atoms with Gasteiger partial charge in [-0.3, -0.25) is 13.9 Å². The molecule has 0 aliphatic carbocycles. The molecule has 206 valence electrons. The number of hydrogen-bond acceptors (Lipinski definition) is 7. The van der Waals surface area contributed by atoms with Gasteiger partial charge in [0, 0.05) is 18.0 Å². The van der Waals surface area contributed by atoms with Gasteiger partial charge in [0.1, 0.15) is 11.5 Å². The molecule has 0 saturated heterocycles. The van der Waals surface area contributed by atoms with Crippen LogP contribution in [-0.2, 0) is 4.57 Å². The topological polar surface area (TPSA) is 139 Å².